The van der Waals surface area contributed by atoms with Gasteiger partial charge in [0.25, 0.3) is 0 Å². The van der Waals surface area contributed by atoms with Crippen LogP contribution in [0.15, 0.2) is 16.5 Å². The minimum Gasteiger partial charge on any atom is -0.464 e. The van der Waals surface area contributed by atoms with Gasteiger partial charge in [-0.25, -0.2) is 0 Å². The molecular formula is C12H21NO2S. The number of furan rings is 1. The fraction of sp³-hybridized carbons (Fsp3) is 0.667. The number of thioether (sulfide) groups is 1. The molecule has 0 spiro atoms. The molecule has 0 saturated carbocycles. The molecule has 0 aromatic carbocycles. The van der Waals surface area contributed by atoms with Gasteiger partial charge in [-0.3, -0.25) is 0 Å². The molecule has 0 aliphatic rings. The SMILES string of the molecule is COCC(C)(C)NCc1ccc(CSC)o1. The van der Waals surface area contributed by atoms with Crippen LogP contribution in [0.1, 0.15) is 25.4 Å². The molecule has 3 nitrogen and oxygen atoms in total. The minimum atomic E-state index is -0.0266. The molecule has 1 rings (SSSR count). The third kappa shape index (κ3) is 4.60. The fourth-order valence-corrected chi connectivity index (χ4v) is 1.92. The summed E-state index contributed by atoms with van der Waals surface area (Å²) in [5.74, 6) is 2.95. The highest BCUT2D eigenvalue weighted by atomic mass is 32.2. The van der Waals surface area contributed by atoms with Gasteiger partial charge in [0.1, 0.15) is 11.5 Å². The first kappa shape index (κ1) is 13.6. The molecule has 1 aromatic heterocycles. The third-order valence-corrected chi connectivity index (χ3v) is 2.82. The monoisotopic (exact) mass is 243 g/mol. The smallest absolute Gasteiger partial charge is 0.118 e. The Bertz CT molecular complexity index is 310. The molecule has 0 fully saturated rings. The maximum absolute atomic E-state index is 5.67. The van der Waals surface area contributed by atoms with Crippen LogP contribution in [0.3, 0.4) is 0 Å². The molecule has 1 heterocycles. The molecule has 0 aliphatic heterocycles. The molecular weight excluding hydrogens is 222 g/mol. The molecule has 1 aromatic rings. The molecule has 0 bridgehead atoms. The zero-order chi connectivity index (χ0) is 12.0. The lowest BCUT2D eigenvalue weighted by molar-refractivity contribution is 0.126. The quantitative estimate of drug-likeness (QED) is 0.798. The van der Waals surface area contributed by atoms with Crippen LogP contribution in [0.5, 0.6) is 0 Å². The Morgan fingerprint density at radius 1 is 1.38 bits per heavy atom. The molecule has 1 N–H and O–H groups in total. The second-order valence-corrected chi connectivity index (χ2v) is 5.34. The number of hydrogen-bond donors (Lipinski definition) is 1. The predicted molar refractivity (Wildman–Crippen MR) is 68.7 cm³/mol. The Morgan fingerprint density at radius 2 is 2.06 bits per heavy atom. The maximum Gasteiger partial charge on any atom is 0.118 e. The van der Waals surface area contributed by atoms with Crippen molar-refractivity contribution in [3.05, 3.63) is 23.7 Å². The zero-order valence-corrected chi connectivity index (χ0v) is 11.3. The summed E-state index contributed by atoms with van der Waals surface area (Å²) in [4.78, 5) is 0. The zero-order valence-electron chi connectivity index (χ0n) is 10.5. The van der Waals surface area contributed by atoms with Crippen LogP contribution in [-0.4, -0.2) is 25.5 Å². The normalized spacial score (nSPS) is 12.0. The third-order valence-electron chi connectivity index (χ3n) is 2.25. The van der Waals surface area contributed by atoms with Crippen molar-refractivity contribution in [1.29, 1.82) is 0 Å². The van der Waals surface area contributed by atoms with Gasteiger partial charge in [0.2, 0.25) is 0 Å². The van der Waals surface area contributed by atoms with Gasteiger partial charge in [-0.05, 0) is 32.2 Å². The Kier molecular flexibility index (Phi) is 5.38. The summed E-state index contributed by atoms with van der Waals surface area (Å²) in [6.07, 6.45) is 2.07. The van der Waals surface area contributed by atoms with E-state index in [1.807, 2.05) is 12.1 Å². The first-order valence-corrected chi connectivity index (χ1v) is 6.77. The van der Waals surface area contributed by atoms with Gasteiger partial charge < -0.3 is 14.5 Å². The van der Waals surface area contributed by atoms with Crippen LogP contribution >= 0.6 is 11.8 Å². The number of hydrogen-bond acceptors (Lipinski definition) is 4. The average molecular weight is 243 g/mol. The molecule has 16 heavy (non-hydrogen) atoms. The van der Waals surface area contributed by atoms with Crippen molar-refractivity contribution in [2.45, 2.75) is 31.7 Å². The molecule has 0 atom stereocenters. The molecule has 0 amide bonds. The van der Waals surface area contributed by atoms with Crippen LogP contribution in [-0.2, 0) is 17.0 Å². The van der Waals surface area contributed by atoms with Crippen molar-refractivity contribution in [3.63, 3.8) is 0 Å². The van der Waals surface area contributed by atoms with Crippen LogP contribution in [0.2, 0.25) is 0 Å². The lowest BCUT2D eigenvalue weighted by Crippen LogP contribution is -2.42. The summed E-state index contributed by atoms with van der Waals surface area (Å²) in [6, 6.07) is 4.07. The number of methoxy groups -OCH3 is 1. The lowest BCUT2D eigenvalue weighted by Gasteiger charge is -2.24. The molecule has 4 heteroatoms. The molecule has 0 saturated heterocycles. The standard InChI is InChI=1S/C12H21NO2S/c1-12(2,9-14-3)13-7-10-5-6-11(15-10)8-16-4/h5-6,13H,7-9H2,1-4H3. The van der Waals surface area contributed by atoms with E-state index in [0.717, 1.165) is 23.8 Å². The largest absolute Gasteiger partial charge is 0.464 e. The van der Waals surface area contributed by atoms with E-state index in [4.69, 9.17) is 9.15 Å². The van der Waals surface area contributed by atoms with Gasteiger partial charge >= 0.3 is 0 Å². The van der Waals surface area contributed by atoms with Crippen molar-refractivity contribution in [2.24, 2.45) is 0 Å². The highest BCUT2D eigenvalue weighted by molar-refractivity contribution is 7.97. The summed E-state index contributed by atoms with van der Waals surface area (Å²) in [5.41, 5.74) is -0.0266. The van der Waals surface area contributed by atoms with Crippen molar-refractivity contribution in [1.82, 2.24) is 5.32 Å². The van der Waals surface area contributed by atoms with Crippen LogP contribution < -0.4 is 5.32 Å². The number of nitrogens with one attached hydrogen (secondary N) is 1. The lowest BCUT2D eigenvalue weighted by atomic mass is 10.1. The van der Waals surface area contributed by atoms with Crippen molar-refractivity contribution >= 4 is 11.8 Å². The summed E-state index contributed by atoms with van der Waals surface area (Å²) in [5, 5.41) is 3.41. The molecule has 0 radical (unpaired) electrons. The summed E-state index contributed by atoms with van der Waals surface area (Å²) in [7, 11) is 1.72. The van der Waals surface area contributed by atoms with Gasteiger partial charge in [-0.15, -0.1) is 0 Å². The highest BCUT2D eigenvalue weighted by Gasteiger charge is 2.16. The Labute approximate surface area is 102 Å². The van der Waals surface area contributed by atoms with E-state index in [9.17, 15) is 0 Å². The van der Waals surface area contributed by atoms with E-state index in [0.29, 0.717) is 6.61 Å². The Morgan fingerprint density at radius 3 is 2.69 bits per heavy atom. The van der Waals surface area contributed by atoms with Crippen LogP contribution in [0.25, 0.3) is 0 Å². The van der Waals surface area contributed by atoms with Gasteiger partial charge in [0, 0.05) is 12.6 Å². The first-order chi connectivity index (χ1) is 7.57. The maximum atomic E-state index is 5.67. The van der Waals surface area contributed by atoms with Gasteiger partial charge in [-0.2, -0.15) is 11.8 Å². The van der Waals surface area contributed by atoms with E-state index in [-0.39, 0.29) is 5.54 Å². The second kappa shape index (κ2) is 6.33. The highest BCUT2D eigenvalue weighted by Crippen LogP contribution is 2.14. The summed E-state index contributed by atoms with van der Waals surface area (Å²) in [6.45, 7) is 5.65. The molecule has 92 valence electrons. The van der Waals surface area contributed by atoms with Crippen LogP contribution in [0.4, 0.5) is 0 Å². The van der Waals surface area contributed by atoms with E-state index in [1.165, 1.54) is 0 Å². The molecule has 0 unspecified atom stereocenters. The van der Waals surface area contributed by atoms with Gasteiger partial charge in [-0.1, -0.05) is 0 Å². The Hall–Kier alpha value is -0.450. The number of rotatable bonds is 7. The number of ether oxygens (including phenoxy) is 1. The second-order valence-electron chi connectivity index (χ2n) is 4.47. The van der Waals surface area contributed by atoms with E-state index in [2.05, 4.69) is 25.4 Å². The molecule has 0 aliphatic carbocycles. The van der Waals surface area contributed by atoms with Gasteiger partial charge in [0.15, 0.2) is 0 Å². The average Bonchev–Trinajstić information content (AvgIpc) is 2.64. The van der Waals surface area contributed by atoms with E-state index in [1.54, 1.807) is 18.9 Å². The minimum absolute atomic E-state index is 0.0266. The van der Waals surface area contributed by atoms with E-state index < -0.39 is 0 Å². The van der Waals surface area contributed by atoms with E-state index >= 15 is 0 Å². The summed E-state index contributed by atoms with van der Waals surface area (Å²) < 4.78 is 10.8. The topological polar surface area (TPSA) is 34.4 Å². The van der Waals surface area contributed by atoms with Crippen LogP contribution in [0, 0.1) is 0 Å². The van der Waals surface area contributed by atoms with Crippen molar-refractivity contribution in [2.75, 3.05) is 20.0 Å². The Balaban J connectivity index is 2.41. The first-order valence-electron chi connectivity index (χ1n) is 5.38. The van der Waals surface area contributed by atoms with Gasteiger partial charge in [0.05, 0.1) is 18.9 Å². The predicted octanol–water partition coefficient (Wildman–Crippen LogP) is 2.66. The summed E-state index contributed by atoms with van der Waals surface area (Å²) >= 11 is 1.77. The fourth-order valence-electron chi connectivity index (χ4n) is 1.48. The van der Waals surface area contributed by atoms with Crippen molar-refractivity contribution in [3.8, 4) is 0 Å². The van der Waals surface area contributed by atoms with Crippen molar-refractivity contribution < 1.29 is 9.15 Å².